The number of thiazole rings is 1. The van der Waals surface area contributed by atoms with E-state index >= 15 is 0 Å². The van der Waals surface area contributed by atoms with Crippen molar-refractivity contribution >= 4 is 67.3 Å². The predicted molar refractivity (Wildman–Crippen MR) is 108 cm³/mol. The van der Waals surface area contributed by atoms with E-state index in [1.807, 2.05) is 5.38 Å². The van der Waals surface area contributed by atoms with Gasteiger partial charge in [0.15, 0.2) is 0 Å². The third kappa shape index (κ3) is 3.35. The molecule has 0 bridgehead atoms. The van der Waals surface area contributed by atoms with E-state index in [0.29, 0.717) is 20.6 Å². The summed E-state index contributed by atoms with van der Waals surface area (Å²) in [4.78, 5) is 17.3. The van der Waals surface area contributed by atoms with Crippen molar-refractivity contribution in [3.63, 3.8) is 0 Å². The molecule has 130 valence electrons. The highest BCUT2D eigenvalue weighted by Gasteiger charge is 2.16. The van der Waals surface area contributed by atoms with Gasteiger partial charge in [-0.2, -0.15) is 4.98 Å². The Morgan fingerprint density at radius 3 is 2.69 bits per heavy atom. The van der Waals surface area contributed by atoms with E-state index in [-0.39, 0.29) is 11.9 Å². The molecule has 5 nitrogen and oxygen atoms in total. The number of nitrogens with zero attached hydrogens (tertiary/aromatic N) is 3. The zero-order chi connectivity index (χ0) is 18.3. The molecule has 0 saturated carbocycles. The first-order valence-corrected chi connectivity index (χ1v) is 9.81. The Balaban J connectivity index is 1.67. The average molecular weight is 468 g/mol. The average Bonchev–Trinajstić information content (AvgIpc) is 3.17. The van der Waals surface area contributed by atoms with E-state index in [1.165, 1.54) is 11.3 Å². The minimum Gasteiger partial charge on any atom is -0.289 e. The summed E-state index contributed by atoms with van der Waals surface area (Å²) in [5.41, 5.74) is 2.03. The van der Waals surface area contributed by atoms with Gasteiger partial charge in [0.2, 0.25) is 4.96 Å². The molecule has 2 aromatic heterocycles. The minimum absolute atomic E-state index is 0.226. The first-order chi connectivity index (χ1) is 12.5. The summed E-state index contributed by atoms with van der Waals surface area (Å²) < 4.78 is 2.54. The number of anilines is 1. The smallest absolute Gasteiger partial charge is 0.258 e. The van der Waals surface area contributed by atoms with E-state index in [0.717, 1.165) is 15.7 Å². The van der Waals surface area contributed by atoms with E-state index in [9.17, 15) is 4.79 Å². The summed E-state index contributed by atoms with van der Waals surface area (Å²) in [7, 11) is 0. The van der Waals surface area contributed by atoms with E-state index in [1.54, 1.807) is 47.0 Å². The lowest BCUT2D eigenvalue weighted by atomic mass is 10.2. The number of halogens is 3. The van der Waals surface area contributed by atoms with Gasteiger partial charge in [0.1, 0.15) is 0 Å². The number of carbonyl (C=O) groups excluding carboxylic acids is 1. The molecule has 4 aromatic rings. The molecular formula is C17H9BrCl2N4OS. The molecule has 0 aliphatic carbocycles. The highest BCUT2D eigenvalue weighted by molar-refractivity contribution is 9.10. The topological polar surface area (TPSA) is 59.3 Å². The van der Waals surface area contributed by atoms with Crippen LogP contribution >= 0.6 is 50.5 Å². The molecule has 1 N–H and O–H groups in total. The molecule has 0 unspecified atom stereocenters. The van der Waals surface area contributed by atoms with Crippen molar-refractivity contribution in [2.45, 2.75) is 0 Å². The number of benzene rings is 2. The van der Waals surface area contributed by atoms with Gasteiger partial charge in [-0.3, -0.25) is 10.1 Å². The zero-order valence-corrected chi connectivity index (χ0v) is 16.8. The Morgan fingerprint density at radius 2 is 1.92 bits per heavy atom. The first kappa shape index (κ1) is 17.5. The third-order valence-electron chi connectivity index (χ3n) is 3.62. The Morgan fingerprint density at radius 1 is 1.15 bits per heavy atom. The summed E-state index contributed by atoms with van der Waals surface area (Å²) in [6.07, 6.45) is 0. The molecule has 0 atom stereocenters. The quantitative estimate of drug-likeness (QED) is 0.415. The van der Waals surface area contributed by atoms with Gasteiger partial charge in [0.05, 0.1) is 10.7 Å². The van der Waals surface area contributed by atoms with Gasteiger partial charge in [0, 0.05) is 26.0 Å². The Hall–Kier alpha value is -1.93. The van der Waals surface area contributed by atoms with E-state index < -0.39 is 0 Å². The van der Waals surface area contributed by atoms with Crippen molar-refractivity contribution in [1.82, 2.24) is 14.6 Å². The van der Waals surface area contributed by atoms with Crippen LogP contribution in [0.3, 0.4) is 0 Å². The second-order valence-electron chi connectivity index (χ2n) is 5.34. The normalized spacial score (nSPS) is 11.0. The Bertz CT molecular complexity index is 1120. The molecule has 2 heterocycles. The molecule has 0 fully saturated rings. The van der Waals surface area contributed by atoms with Crippen LogP contribution in [-0.4, -0.2) is 20.5 Å². The fourth-order valence-corrected chi connectivity index (χ4v) is 3.86. The molecule has 0 aliphatic heterocycles. The lowest BCUT2D eigenvalue weighted by molar-refractivity contribution is 0.102. The predicted octanol–water partition coefficient (Wildman–Crippen LogP) is 5.78. The molecule has 0 spiro atoms. The van der Waals surface area contributed by atoms with Crippen LogP contribution in [0.5, 0.6) is 0 Å². The van der Waals surface area contributed by atoms with Gasteiger partial charge in [-0.25, -0.2) is 4.52 Å². The fourth-order valence-electron chi connectivity index (χ4n) is 2.39. The molecule has 0 saturated heterocycles. The van der Waals surface area contributed by atoms with Gasteiger partial charge in [-0.1, -0.05) is 39.1 Å². The summed E-state index contributed by atoms with van der Waals surface area (Å²) in [5, 5.41) is 10.1. The second kappa shape index (κ2) is 7.00. The number of amides is 1. The van der Waals surface area contributed by atoms with Gasteiger partial charge < -0.3 is 0 Å². The Kier molecular flexibility index (Phi) is 4.71. The number of aromatic nitrogens is 3. The number of rotatable bonds is 3. The molecule has 9 heteroatoms. The van der Waals surface area contributed by atoms with Gasteiger partial charge >= 0.3 is 0 Å². The second-order valence-corrected chi connectivity index (χ2v) is 7.93. The maximum absolute atomic E-state index is 12.3. The number of fused-ring (bicyclic) bond motifs is 1. The van der Waals surface area contributed by atoms with Crippen LogP contribution in [0.4, 0.5) is 5.95 Å². The monoisotopic (exact) mass is 466 g/mol. The summed E-state index contributed by atoms with van der Waals surface area (Å²) >= 11 is 17.1. The molecule has 0 radical (unpaired) electrons. The van der Waals surface area contributed by atoms with Crippen LogP contribution in [-0.2, 0) is 0 Å². The molecule has 2 aromatic carbocycles. The van der Waals surface area contributed by atoms with Gasteiger partial charge in [-0.15, -0.1) is 16.4 Å². The highest BCUT2D eigenvalue weighted by Crippen LogP contribution is 2.33. The number of carbonyl (C=O) groups is 1. The van der Waals surface area contributed by atoms with Crippen molar-refractivity contribution < 1.29 is 4.79 Å². The summed E-state index contributed by atoms with van der Waals surface area (Å²) in [5.74, 6) is -0.0535. The van der Waals surface area contributed by atoms with E-state index in [2.05, 4.69) is 31.3 Å². The van der Waals surface area contributed by atoms with Crippen LogP contribution in [0.1, 0.15) is 10.4 Å². The molecule has 4 rings (SSSR count). The van der Waals surface area contributed by atoms with Crippen LogP contribution in [0.2, 0.25) is 10.0 Å². The Labute approximate surface area is 170 Å². The number of hydrogen-bond acceptors (Lipinski definition) is 4. The molecular weight excluding hydrogens is 459 g/mol. The summed E-state index contributed by atoms with van der Waals surface area (Å²) in [6, 6.07) is 12.3. The van der Waals surface area contributed by atoms with E-state index in [4.69, 9.17) is 23.2 Å². The molecule has 26 heavy (non-hydrogen) atoms. The number of hydrogen-bond donors (Lipinski definition) is 1. The number of nitrogens with one attached hydrogen (secondary N) is 1. The van der Waals surface area contributed by atoms with Crippen LogP contribution in [0.15, 0.2) is 52.3 Å². The maximum Gasteiger partial charge on any atom is 0.258 e. The van der Waals surface area contributed by atoms with Crippen molar-refractivity contribution in [3.8, 4) is 11.3 Å². The molecule has 0 aliphatic rings. The lowest BCUT2D eigenvalue weighted by Crippen LogP contribution is -2.13. The standard InChI is InChI=1S/C17H9BrCl2N4OS/c18-10-3-1-9(2-4-10)15(25)21-16-22-17-24(23-16)14(8-26-17)12-7-11(19)5-6-13(12)20/h1-8H,(H,21,23,25). The summed E-state index contributed by atoms with van der Waals surface area (Å²) in [6.45, 7) is 0. The SMILES string of the molecule is O=C(Nc1nc2scc(-c3cc(Cl)ccc3Cl)n2n1)c1ccc(Br)cc1. The third-order valence-corrected chi connectivity index (χ3v) is 5.53. The van der Waals surface area contributed by atoms with Crippen molar-refractivity contribution in [1.29, 1.82) is 0 Å². The molecule has 1 amide bonds. The van der Waals surface area contributed by atoms with Crippen LogP contribution in [0.25, 0.3) is 16.2 Å². The first-order valence-electron chi connectivity index (χ1n) is 7.38. The van der Waals surface area contributed by atoms with Gasteiger partial charge in [-0.05, 0) is 42.5 Å². The lowest BCUT2D eigenvalue weighted by Gasteiger charge is -2.03. The fraction of sp³-hybridized carbons (Fsp3) is 0. The highest BCUT2D eigenvalue weighted by atomic mass is 79.9. The maximum atomic E-state index is 12.3. The van der Waals surface area contributed by atoms with Crippen molar-refractivity contribution in [2.75, 3.05) is 5.32 Å². The largest absolute Gasteiger partial charge is 0.289 e. The minimum atomic E-state index is -0.280. The van der Waals surface area contributed by atoms with Crippen LogP contribution in [0, 0.1) is 0 Å². The van der Waals surface area contributed by atoms with Crippen molar-refractivity contribution in [3.05, 3.63) is 67.9 Å². The van der Waals surface area contributed by atoms with Crippen molar-refractivity contribution in [2.24, 2.45) is 0 Å². The van der Waals surface area contributed by atoms with Crippen LogP contribution < -0.4 is 5.32 Å². The van der Waals surface area contributed by atoms with Gasteiger partial charge in [0.25, 0.3) is 11.9 Å². The zero-order valence-electron chi connectivity index (χ0n) is 12.9.